The van der Waals surface area contributed by atoms with Gasteiger partial charge in [-0.15, -0.1) is 0 Å². The van der Waals surface area contributed by atoms with Crippen LogP contribution in [0.3, 0.4) is 0 Å². The fourth-order valence-electron chi connectivity index (χ4n) is 2.13. The summed E-state index contributed by atoms with van der Waals surface area (Å²) in [6.45, 7) is 2.86. The first-order valence-electron chi connectivity index (χ1n) is 7.04. The molecule has 0 atom stereocenters. The Labute approximate surface area is 128 Å². The molecule has 2 aromatic rings. The summed E-state index contributed by atoms with van der Waals surface area (Å²) in [7, 11) is 0. The normalized spacial score (nSPS) is 13.6. The first-order chi connectivity index (χ1) is 10.7. The van der Waals surface area contributed by atoms with Crippen molar-refractivity contribution in [2.75, 3.05) is 13.2 Å². The molecule has 0 fully saturated rings. The van der Waals surface area contributed by atoms with Gasteiger partial charge >= 0.3 is 0 Å². The first-order valence-corrected chi connectivity index (χ1v) is 7.04. The highest BCUT2D eigenvalue weighted by Gasteiger charge is 2.14. The quantitative estimate of drug-likeness (QED) is 0.699. The summed E-state index contributed by atoms with van der Waals surface area (Å²) in [5.41, 5.74) is 4.74. The number of carbonyl (C=O) groups excluding carboxylic acids is 1. The van der Waals surface area contributed by atoms with E-state index in [2.05, 4.69) is 10.5 Å². The Kier molecular flexibility index (Phi) is 4.05. The SMILES string of the molecule is C/C(=N/NC(=O)c1ccc2c(c1)OCCO2)c1ccccc1. The average Bonchev–Trinajstić information content (AvgIpc) is 2.59. The van der Waals surface area contributed by atoms with Gasteiger partial charge < -0.3 is 9.47 Å². The van der Waals surface area contributed by atoms with E-state index >= 15 is 0 Å². The van der Waals surface area contributed by atoms with Crippen LogP contribution in [0.25, 0.3) is 0 Å². The van der Waals surface area contributed by atoms with Crippen LogP contribution < -0.4 is 14.9 Å². The van der Waals surface area contributed by atoms with Crippen molar-refractivity contribution < 1.29 is 14.3 Å². The Bertz CT molecular complexity index is 711. The van der Waals surface area contributed by atoms with Gasteiger partial charge in [0.1, 0.15) is 13.2 Å². The second-order valence-electron chi connectivity index (χ2n) is 4.86. The molecule has 1 aliphatic rings. The number of ether oxygens (including phenoxy) is 2. The molecule has 5 nitrogen and oxygen atoms in total. The summed E-state index contributed by atoms with van der Waals surface area (Å²) in [5.74, 6) is 0.960. The van der Waals surface area contributed by atoms with E-state index in [0.717, 1.165) is 11.3 Å². The van der Waals surface area contributed by atoms with E-state index in [-0.39, 0.29) is 5.91 Å². The van der Waals surface area contributed by atoms with Crippen LogP contribution in [-0.2, 0) is 0 Å². The van der Waals surface area contributed by atoms with Gasteiger partial charge in [0.05, 0.1) is 5.71 Å². The molecule has 5 heteroatoms. The van der Waals surface area contributed by atoms with Crippen molar-refractivity contribution in [2.24, 2.45) is 5.10 Å². The van der Waals surface area contributed by atoms with Gasteiger partial charge in [-0.25, -0.2) is 5.43 Å². The molecule has 1 amide bonds. The van der Waals surface area contributed by atoms with E-state index in [1.165, 1.54) is 0 Å². The fraction of sp³-hybridized carbons (Fsp3) is 0.176. The minimum Gasteiger partial charge on any atom is -0.486 e. The molecule has 2 aromatic carbocycles. The summed E-state index contributed by atoms with van der Waals surface area (Å²) >= 11 is 0. The van der Waals surface area contributed by atoms with Crippen LogP contribution in [0.5, 0.6) is 11.5 Å². The van der Waals surface area contributed by atoms with Crippen LogP contribution >= 0.6 is 0 Å². The zero-order chi connectivity index (χ0) is 15.4. The van der Waals surface area contributed by atoms with E-state index in [0.29, 0.717) is 30.3 Å². The third-order valence-corrected chi connectivity index (χ3v) is 3.32. The van der Waals surface area contributed by atoms with Gasteiger partial charge in [0, 0.05) is 5.56 Å². The second kappa shape index (κ2) is 6.30. The summed E-state index contributed by atoms with van der Waals surface area (Å²) in [5, 5.41) is 4.13. The predicted molar refractivity (Wildman–Crippen MR) is 83.6 cm³/mol. The highest BCUT2D eigenvalue weighted by molar-refractivity contribution is 6.01. The van der Waals surface area contributed by atoms with Crippen LogP contribution in [0.4, 0.5) is 0 Å². The lowest BCUT2D eigenvalue weighted by atomic mass is 10.1. The Morgan fingerprint density at radius 2 is 1.73 bits per heavy atom. The maximum absolute atomic E-state index is 12.2. The topological polar surface area (TPSA) is 59.9 Å². The number of hydrogen-bond acceptors (Lipinski definition) is 4. The summed E-state index contributed by atoms with van der Waals surface area (Å²) < 4.78 is 10.9. The van der Waals surface area contributed by atoms with Crippen molar-refractivity contribution in [3.8, 4) is 11.5 Å². The summed E-state index contributed by atoms with van der Waals surface area (Å²) in [6, 6.07) is 14.8. The van der Waals surface area contributed by atoms with Crippen LogP contribution in [0.1, 0.15) is 22.8 Å². The molecule has 3 rings (SSSR count). The van der Waals surface area contributed by atoms with Gasteiger partial charge in [0.15, 0.2) is 11.5 Å². The van der Waals surface area contributed by atoms with E-state index in [9.17, 15) is 4.79 Å². The molecule has 0 saturated carbocycles. The Balaban J connectivity index is 1.72. The minimum atomic E-state index is -0.285. The van der Waals surface area contributed by atoms with E-state index < -0.39 is 0 Å². The van der Waals surface area contributed by atoms with Gasteiger partial charge in [-0.3, -0.25) is 4.79 Å². The van der Waals surface area contributed by atoms with Crippen LogP contribution in [0.2, 0.25) is 0 Å². The standard InChI is InChI=1S/C17H16N2O3/c1-12(13-5-3-2-4-6-13)18-19-17(20)14-7-8-15-16(11-14)22-10-9-21-15/h2-8,11H,9-10H2,1H3,(H,19,20)/b18-12-. The van der Waals surface area contributed by atoms with E-state index in [1.807, 2.05) is 37.3 Å². The molecule has 0 spiro atoms. The largest absolute Gasteiger partial charge is 0.486 e. The minimum absolute atomic E-state index is 0.285. The number of amides is 1. The number of hydrogen-bond donors (Lipinski definition) is 1. The van der Waals surface area contributed by atoms with Crippen molar-refractivity contribution >= 4 is 11.6 Å². The smallest absolute Gasteiger partial charge is 0.271 e. The number of rotatable bonds is 3. The van der Waals surface area contributed by atoms with Crippen molar-refractivity contribution in [1.29, 1.82) is 0 Å². The van der Waals surface area contributed by atoms with Gasteiger partial charge in [-0.1, -0.05) is 30.3 Å². The van der Waals surface area contributed by atoms with Gasteiger partial charge in [-0.2, -0.15) is 5.10 Å². The number of nitrogens with one attached hydrogen (secondary N) is 1. The molecule has 1 aliphatic heterocycles. The molecular weight excluding hydrogens is 280 g/mol. The molecule has 0 aliphatic carbocycles. The third-order valence-electron chi connectivity index (χ3n) is 3.32. The second-order valence-corrected chi connectivity index (χ2v) is 4.86. The first kappa shape index (κ1) is 14.1. The van der Waals surface area contributed by atoms with E-state index in [4.69, 9.17) is 9.47 Å². The lowest BCUT2D eigenvalue weighted by Crippen LogP contribution is -2.20. The molecule has 1 N–H and O–H groups in total. The van der Waals surface area contributed by atoms with Crippen LogP contribution in [0, 0.1) is 0 Å². The summed E-state index contributed by atoms with van der Waals surface area (Å²) in [4.78, 5) is 12.2. The number of hydrazone groups is 1. The van der Waals surface area contributed by atoms with Crippen molar-refractivity contribution in [3.63, 3.8) is 0 Å². The number of nitrogens with zero attached hydrogens (tertiary/aromatic N) is 1. The molecule has 22 heavy (non-hydrogen) atoms. The Morgan fingerprint density at radius 1 is 1.00 bits per heavy atom. The third kappa shape index (κ3) is 3.09. The van der Waals surface area contributed by atoms with Crippen molar-refractivity contribution in [3.05, 3.63) is 59.7 Å². The molecule has 1 heterocycles. The molecule has 112 valence electrons. The molecule has 0 saturated heterocycles. The highest BCUT2D eigenvalue weighted by Crippen LogP contribution is 2.30. The van der Waals surface area contributed by atoms with Crippen LogP contribution in [-0.4, -0.2) is 24.8 Å². The molecule has 0 unspecified atom stereocenters. The van der Waals surface area contributed by atoms with Crippen molar-refractivity contribution in [2.45, 2.75) is 6.92 Å². The number of fused-ring (bicyclic) bond motifs is 1. The average molecular weight is 296 g/mol. The Morgan fingerprint density at radius 3 is 2.50 bits per heavy atom. The fourth-order valence-corrected chi connectivity index (χ4v) is 2.13. The molecular formula is C17H16N2O3. The molecule has 0 aromatic heterocycles. The number of benzene rings is 2. The zero-order valence-electron chi connectivity index (χ0n) is 12.2. The maximum atomic E-state index is 12.2. The number of carbonyl (C=O) groups is 1. The van der Waals surface area contributed by atoms with Gasteiger partial charge in [0.2, 0.25) is 0 Å². The van der Waals surface area contributed by atoms with Crippen LogP contribution in [0.15, 0.2) is 53.6 Å². The van der Waals surface area contributed by atoms with Crippen molar-refractivity contribution in [1.82, 2.24) is 5.43 Å². The maximum Gasteiger partial charge on any atom is 0.271 e. The van der Waals surface area contributed by atoms with E-state index in [1.54, 1.807) is 18.2 Å². The summed E-state index contributed by atoms with van der Waals surface area (Å²) in [6.07, 6.45) is 0. The zero-order valence-corrected chi connectivity index (χ0v) is 12.2. The van der Waals surface area contributed by atoms with Gasteiger partial charge in [0.25, 0.3) is 5.91 Å². The molecule has 0 bridgehead atoms. The highest BCUT2D eigenvalue weighted by atomic mass is 16.6. The lowest BCUT2D eigenvalue weighted by molar-refractivity contribution is 0.0953. The monoisotopic (exact) mass is 296 g/mol. The molecule has 0 radical (unpaired) electrons. The van der Waals surface area contributed by atoms with Gasteiger partial charge in [-0.05, 0) is 30.7 Å². The predicted octanol–water partition coefficient (Wildman–Crippen LogP) is 2.61. The Hall–Kier alpha value is -2.82. The lowest BCUT2D eigenvalue weighted by Gasteiger charge is -2.18.